The summed E-state index contributed by atoms with van der Waals surface area (Å²) in [6.45, 7) is 4.97. The van der Waals surface area contributed by atoms with Gasteiger partial charge in [-0.05, 0) is 18.2 Å². The first-order chi connectivity index (χ1) is 10.8. The molecule has 1 saturated heterocycles. The SMILES string of the molecule is COc1ccccc1CN1CCN(c2ccnc(Cl)c2)CC1. The topological polar surface area (TPSA) is 28.6 Å². The Morgan fingerprint density at radius 3 is 2.64 bits per heavy atom. The van der Waals surface area contributed by atoms with E-state index < -0.39 is 0 Å². The Hall–Kier alpha value is -1.78. The average Bonchev–Trinajstić information content (AvgIpc) is 2.56. The quantitative estimate of drug-likeness (QED) is 0.810. The van der Waals surface area contributed by atoms with Crippen LogP contribution in [0, 0.1) is 0 Å². The fourth-order valence-corrected chi connectivity index (χ4v) is 3.00. The maximum Gasteiger partial charge on any atom is 0.131 e. The Balaban J connectivity index is 1.60. The number of aromatic nitrogens is 1. The molecule has 0 unspecified atom stereocenters. The van der Waals surface area contributed by atoms with E-state index in [0.29, 0.717) is 5.15 Å². The van der Waals surface area contributed by atoms with Crippen molar-refractivity contribution in [3.05, 3.63) is 53.3 Å². The summed E-state index contributed by atoms with van der Waals surface area (Å²) in [5, 5.41) is 0.550. The van der Waals surface area contributed by atoms with Crippen molar-refractivity contribution in [2.45, 2.75) is 6.54 Å². The predicted molar refractivity (Wildman–Crippen MR) is 89.7 cm³/mol. The minimum atomic E-state index is 0.550. The summed E-state index contributed by atoms with van der Waals surface area (Å²) >= 11 is 5.97. The molecule has 4 nitrogen and oxygen atoms in total. The van der Waals surface area contributed by atoms with Gasteiger partial charge in [-0.25, -0.2) is 4.98 Å². The standard InChI is InChI=1S/C17H20ClN3O/c1-22-16-5-3-2-4-14(16)13-20-8-10-21(11-9-20)15-6-7-19-17(18)12-15/h2-7,12H,8-11,13H2,1H3. The molecule has 0 amide bonds. The van der Waals surface area contributed by atoms with Crippen molar-refractivity contribution in [3.63, 3.8) is 0 Å². The van der Waals surface area contributed by atoms with Crippen LogP contribution in [0.15, 0.2) is 42.6 Å². The molecule has 116 valence electrons. The van der Waals surface area contributed by atoms with Gasteiger partial charge in [0.1, 0.15) is 10.9 Å². The Kier molecular flexibility index (Phi) is 4.80. The first-order valence-corrected chi connectivity index (χ1v) is 7.85. The molecule has 1 fully saturated rings. The second kappa shape index (κ2) is 6.99. The van der Waals surface area contributed by atoms with Gasteiger partial charge >= 0.3 is 0 Å². The Morgan fingerprint density at radius 2 is 1.91 bits per heavy atom. The molecule has 5 heteroatoms. The second-order valence-corrected chi connectivity index (χ2v) is 5.80. The zero-order valence-electron chi connectivity index (χ0n) is 12.7. The maximum absolute atomic E-state index is 5.97. The van der Waals surface area contributed by atoms with Crippen LogP contribution in [-0.4, -0.2) is 43.2 Å². The lowest BCUT2D eigenvalue weighted by Gasteiger charge is -2.36. The number of methoxy groups -OCH3 is 1. The number of pyridine rings is 1. The van der Waals surface area contributed by atoms with Crippen molar-refractivity contribution in [1.82, 2.24) is 9.88 Å². The third-order valence-electron chi connectivity index (χ3n) is 4.03. The molecule has 2 aromatic rings. The molecule has 3 rings (SSSR count). The van der Waals surface area contributed by atoms with Crippen molar-refractivity contribution in [2.24, 2.45) is 0 Å². The maximum atomic E-state index is 5.97. The summed E-state index contributed by atoms with van der Waals surface area (Å²) in [4.78, 5) is 8.85. The number of piperazine rings is 1. The molecule has 0 radical (unpaired) electrons. The lowest BCUT2D eigenvalue weighted by Crippen LogP contribution is -2.46. The minimum Gasteiger partial charge on any atom is -0.496 e. The van der Waals surface area contributed by atoms with Gasteiger partial charge < -0.3 is 9.64 Å². The summed E-state index contributed by atoms with van der Waals surface area (Å²) in [6.07, 6.45) is 1.76. The predicted octanol–water partition coefficient (Wildman–Crippen LogP) is 3.07. The summed E-state index contributed by atoms with van der Waals surface area (Å²) in [6, 6.07) is 12.2. The molecule has 0 bridgehead atoms. The molecule has 0 atom stereocenters. The fraction of sp³-hybridized carbons (Fsp3) is 0.353. The molecular weight excluding hydrogens is 298 g/mol. The molecule has 1 aliphatic heterocycles. The van der Waals surface area contributed by atoms with E-state index in [4.69, 9.17) is 16.3 Å². The first kappa shape index (κ1) is 15.1. The van der Waals surface area contributed by atoms with Gasteiger partial charge in [0.2, 0.25) is 0 Å². The van der Waals surface area contributed by atoms with Gasteiger partial charge in [-0.15, -0.1) is 0 Å². The lowest BCUT2D eigenvalue weighted by atomic mass is 10.1. The van der Waals surface area contributed by atoms with Gasteiger partial charge in [0.15, 0.2) is 0 Å². The number of halogens is 1. The molecule has 0 saturated carbocycles. The van der Waals surface area contributed by atoms with Gasteiger partial charge in [0.25, 0.3) is 0 Å². The molecule has 1 aliphatic rings. The highest BCUT2D eigenvalue weighted by molar-refractivity contribution is 6.29. The minimum absolute atomic E-state index is 0.550. The third kappa shape index (κ3) is 3.51. The van der Waals surface area contributed by atoms with E-state index >= 15 is 0 Å². The Morgan fingerprint density at radius 1 is 1.14 bits per heavy atom. The number of rotatable bonds is 4. The van der Waals surface area contributed by atoms with E-state index in [1.54, 1.807) is 13.3 Å². The van der Waals surface area contributed by atoms with Crippen LogP contribution in [0.1, 0.15) is 5.56 Å². The third-order valence-corrected chi connectivity index (χ3v) is 4.24. The summed E-state index contributed by atoms with van der Waals surface area (Å²) in [5.74, 6) is 0.964. The van der Waals surface area contributed by atoms with Crippen LogP contribution >= 0.6 is 11.6 Å². The van der Waals surface area contributed by atoms with E-state index in [9.17, 15) is 0 Å². The molecule has 1 aromatic heterocycles. The van der Waals surface area contributed by atoms with E-state index in [1.165, 1.54) is 5.56 Å². The van der Waals surface area contributed by atoms with Crippen LogP contribution in [0.4, 0.5) is 5.69 Å². The van der Waals surface area contributed by atoms with Crippen LogP contribution in [0.25, 0.3) is 0 Å². The van der Waals surface area contributed by atoms with Gasteiger partial charge in [0, 0.05) is 50.2 Å². The monoisotopic (exact) mass is 317 g/mol. The Bertz CT molecular complexity index is 627. The normalized spacial score (nSPS) is 15.8. The van der Waals surface area contributed by atoms with Gasteiger partial charge in [-0.2, -0.15) is 0 Å². The second-order valence-electron chi connectivity index (χ2n) is 5.41. The van der Waals surface area contributed by atoms with Crippen LogP contribution in [0.3, 0.4) is 0 Å². The van der Waals surface area contributed by atoms with E-state index in [1.807, 2.05) is 24.3 Å². The summed E-state index contributed by atoms with van der Waals surface area (Å²) in [5.41, 5.74) is 2.39. The van der Waals surface area contributed by atoms with E-state index in [2.05, 4.69) is 26.9 Å². The zero-order valence-corrected chi connectivity index (χ0v) is 13.5. The molecule has 0 aliphatic carbocycles. The smallest absolute Gasteiger partial charge is 0.131 e. The van der Waals surface area contributed by atoms with Crippen LogP contribution < -0.4 is 9.64 Å². The van der Waals surface area contributed by atoms with Crippen LogP contribution in [-0.2, 0) is 6.54 Å². The molecule has 22 heavy (non-hydrogen) atoms. The van der Waals surface area contributed by atoms with Gasteiger partial charge in [0.05, 0.1) is 7.11 Å². The van der Waals surface area contributed by atoms with Crippen LogP contribution in [0.2, 0.25) is 5.15 Å². The number of anilines is 1. The number of para-hydroxylation sites is 1. The van der Waals surface area contributed by atoms with Crippen molar-refractivity contribution in [1.29, 1.82) is 0 Å². The van der Waals surface area contributed by atoms with Crippen molar-refractivity contribution in [2.75, 3.05) is 38.2 Å². The highest BCUT2D eigenvalue weighted by Gasteiger charge is 2.18. The van der Waals surface area contributed by atoms with Gasteiger partial charge in [-0.1, -0.05) is 29.8 Å². The zero-order chi connectivity index (χ0) is 15.4. The number of nitrogens with zero attached hydrogens (tertiary/aromatic N) is 3. The molecule has 0 spiro atoms. The molecule has 0 N–H and O–H groups in total. The Labute approximate surface area is 136 Å². The lowest BCUT2D eigenvalue weighted by molar-refractivity contribution is 0.246. The van der Waals surface area contributed by atoms with Crippen molar-refractivity contribution in [3.8, 4) is 5.75 Å². The molecular formula is C17H20ClN3O. The van der Waals surface area contributed by atoms with E-state index in [-0.39, 0.29) is 0 Å². The number of hydrogen-bond acceptors (Lipinski definition) is 4. The largest absolute Gasteiger partial charge is 0.496 e. The van der Waals surface area contributed by atoms with Crippen molar-refractivity contribution < 1.29 is 4.74 Å². The van der Waals surface area contributed by atoms with E-state index in [0.717, 1.165) is 44.2 Å². The fourth-order valence-electron chi connectivity index (χ4n) is 2.83. The summed E-state index contributed by atoms with van der Waals surface area (Å²) in [7, 11) is 1.73. The highest BCUT2D eigenvalue weighted by Crippen LogP contribution is 2.22. The number of hydrogen-bond donors (Lipinski definition) is 0. The molecule has 2 heterocycles. The number of ether oxygens (including phenoxy) is 1. The first-order valence-electron chi connectivity index (χ1n) is 7.47. The highest BCUT2D eigenvalue weighted by atomic mass is 35.5. The average molecular weight is 318 g/mol. The van der Waals surface area contributed by atoms with Crippen LogP contribution in [0.5, 0.6) is 5.75 Å². The van der Waals surface area contributed by atoms with Crippen molar-refractivity contribution >= 4 is 17.3 Å². The van der Waals surface area contributed by atoms with Gasteiger partial charge in [-0.3, -0.25) is 4.90 Å². The number of benzene rings is 1. The summed E-state index contributed by atoms with van der Waals surface area (Å²) < 4.78 is 5.43. The molecule has 1 aromatic carbocycles.